The van der Waals surface area contributed by atoms with Crippen LogP contribution in [0.3, 0.4) is 0 Å². The summed E-state index contributed by atoms with van der Waals surface area (Å²) in [6.07, 6.45) is 1.71. The lowest BCUT2D eigenvalue weighted by Crippen LogP contribution is -2.13. The molecule has 0 aliphatic heterocycles. The lowest BCUT2D eigenvalue weighted by Gasteiger charge is -2.05. The van der Waals surface area contributed by atoms with Crippen molar-refractivity contribution in [3.63, 3.8) is 0 Å². The van der Waals surface area contributed by atoms with E-state index in [0.717, 1.165) is 11.3 Å². The van der Waals surface area contributed by atoms with Gasteiger partial charge in [-0.3, -0.25) is 9.20 Å². The normalized spacial score (nSPS) is 11.1. The van der Waals surface area contributed by atoms with Gasteiger partial charge in [0.15, 0.2) is 10.8 Å². The van der Waals surface area contributed by atoms with E-state index in [1.807, 2.05) is 36.6 Å². The van der Waals surface area contributed by atoms with Gasteiger partial charge < -0.3 is 10.6 Å². The average Bonchev–Trinajstić information content (AvgIpc) is 3.28. The van der Waals surface area contributed by atoms with Crippen molar-refractivity contribution in [3.8, 4) is 17.1 Å². The zero-order valence-corrected chi connectivity index (χ0v) is 16.0. The number of hydrogen-bond acceptors (Lipinski definition) is 8. The van der Waals surface area contributed by atoms with Gasteiger partial charge in [-0.2, -0.15) is 0 Å². The first-order valence-corrected chi connectivity index (χ1v) is 10.0. The average molecular weight is 400 g/mol. The molecule has 0 saturated carbocycles. The number of ether oxygens (including phenoxy) is 1. The molecular weight excluding hydrogens is 384 g/mol. The quantitative estimate of drug-likeness (QED) is 0.392. The first-order valence-electron chi connectivity index (χ1n) is 8.18. The van der Waals surface area contributed by atoms with Gasteiger partial charge in [-0.25, -0.2) is 9.66 Å². The van der Waals surface area contributed by atoms with Crippen LogP contribution < -0.4 is 16.1 Å². The Morgan fingerprint density at radius 3 is 2.85 bits per heavy atom. The molecule has 8 nitrogen and oxygen atoms in total. The predicted octanol–water partition coefficient (Wildman–Crippen LogP) is 2.42. The maximum Gasteiger partial charge on any atom is 0.258 e. The minimum Gasteiger partial charge on any atom is -0.494 e. The van der Waals surface area contributed by atoms with Crippen molar-refractivity contribution in [2.24, 2.45) is 0 Å². The third kappa shape index (κ3) is 3.53. The minimum absolute atomic E-state index is 0.0962. The van der Waals surface area contributed by atoms with Crippen molar-refractivity contribution < 1.29 is 4.74 Å². The van der Waals surface area contributed by atoms with E-state index in [0.29, 0.717) is 34.0 Å². The van der Waals surface area contributed by atoms with E-state index in [1.165, 1.54) is 38.2 Å². The summed E-state index contributed by atoms with van der Waals surface area (Å²) in [5.41, 5.74) is 1.43. The number of fused-ring (bicyclic) bond motifs is 1. The van der Waals surface area contributed by atoms with E-state index in [2.05, 4.69) is 15.2 Å². The molecule has 0 fully saturated rings. The highest BCUT2D eigenvalue weighted by Crippen LogP contribution is 2.25. The van der Waals surface area contributed by atoms with Crippen LogP contribution in [0.4, 0.5) is 0 Å². The fourth-order valence-electron chi connectivity index (χ4n) is 2.54. The van der Waals surface area contributed by atoms with E-state index in [4.69, 9.17) is 10.6 Å². The summed E-state index contributed by atoms with van der Waals surface area (Å²) in [4.78, 5) is 17.2. The zero-order valence-electron chi connectivity index (χ0n) is 14.4. The number of thioether (sulfide) groups is 1. The van der Waals surface area contributed by atoms with Crippen molar-refractivity contribution in [1.82, 2.24) is 24.3 Å². The van der Waals surface area contributed by atoms with Gasteiger partial charge in [0.25, 0.3) is 5.56 Å². The Balaban J connectivity index is 1.52. The number of nitrogens with zero attached hydrogens (tertiary/aromatic N) is 5. The largest absolute Gasteiger partial charge is 0.494 e. The molecule has 0 bridgehead atoms. The van der Waals surface area contributed by atoms with Gasteiger partial charge in [0.2, 0.25) is 5.16 Å². The lowest BCUT2D eigenvalue weighted by atomic mass is 10.2. The van der Waals surface area contributed by atoms with Crippen LogP contribution >= 0.6 is 23.1 Å². The number of benzene rings is 1. The number of hydrogen-bond donors (Lipinski definition) is 1. The highest BCUT2D eigenvalue weighted by Gasteiger charge is 2.13. The zero-order chi connectivity index (χ0) is 18.8. The standard InChI is InChI=1S/C17H16N6O2S2/c1-2-25-13-5-3-11(4-6-13)15-20-21-17(23(15)18)27-10-12-9-14(24)22-7-8-26-16(22)19-12/h3-9H,2,10,18H2,1H3. The van der Waals surface area contributed by atoms with E-state index >= 15 is 0 Å². The van der Waals surface area contributed by atoms with Crippen molar-refractivity contribution >= 4 is 28.1 Å². The predicted molar refractivity (Wildman–Crippen MR) is 106 cm³/mol. The molecular formula is C17H16N6O2S2. The van der Waals surface area contributed by atoms with Crippen LogP contribution in [0.15, 0.2) is 51.9 Å². The lowest BCUT2D eigenvalue weighted by molar-refractivity contribution is 0.340. The van der Waals surface area contributed by atoms with Crippen LogP contribution in [0.25, 0.3) is 16.3 Å². The summed E-state index contributed by atoms with van der Waals surface area (Å²) >= 11 is 2.80. The molecule has 1 aromatic carbocycles. The molecule has 4 aromatic rings. The van der Waals surface area contributed by atoms with Crippen molar-refractivity contribution in [2.75, 3.05) is 12.4 Å². The molecule has 0 saturated heterocycles. The molecule has 0 amide bonds. The summed E-state index contributed by atoms with van der Waals surface area (Å²) < 4.78 is 8.41. The molecule has 2 N–H and O–H groups in total. The van der Waals surface area contributed by atoms with E-state index in [9.17, 15) is 4.79 Å². The Morgan fingerprint density at radius 1 is 1.26 bits per heavy atom. The number of aromatic nitrogens is 5. The van der Waals surface area contributed by atoms with Crippen molar-refractivity contribution in [3.05, 3.63) is 58.0 Å². The summed E-state index contributed by atoms with van der Waals surface area (Å²) in [6.45, 7) is 2.55. The Morgan fingerprint density at radius 2 is 2.07 bits per heavy atom. The van der Waals surface area contributed by atoms with E-state index in [1.54, 1.807) is 6.20 Å². The molecule has 3 heterocycles. The summed E-state index contributed by atoms with van der Waals surface area (Å²) in [6, 6.07) is 9.04. The van der Waals surface area contributed by atoms with Gasteiger partial charge in [0.05, 0.1) is 12.3 Å². The maximum atomic E-state index is 12.1. The number of nitrogens with two attached hydrogens (primary N) is 1. The third-order valence-electron chi connectivity index (χ3n) is 3.79. The molecule has 4 rings (SSSR count). The number of nitrogen functional groups attached to an aromatic ring is 1. The van der Waals surface area contributed by atoms with Crippen LogP contribution in [-0.2, 0) is 5.75 Å². The molecule has 0 radical (unpaired) electrons. The molecule has 0 spiro atoms. The summed E-state index contributed by atoms with van der Waals surface area (Å²) in [5.74, 6) is 7.98. The molecule has 10 heteroatoms. The number of rotatable bonds is 6. The second kappa shape index (κ2) is 7.41. The highest BCUT2D eigenvalue weighted by molar-refractivity contribution is 7.98. The van der Waals surface area contributed by atoms with Crippen LogP contribution in [0.2, 0.25) is 0 Å². The van der Waals surface area contributed by atoms with E-state index in [-0.39, 0.29) is 5.56 Å². The third-order valence-corrected chi connectivity index (χ3v) is 5.53. The van der Waals surface area contributed by atoms with E-state index < -0.39 is 0 Å². The SMILES string of the molecule is CCOc1ccc(-c2nnc(SCc3cc(=O)n4ccsc4n3)n2N)cc1. The molecule has 138 valence electrons. The maximum absolute atomic E-state index is 12.1. The molecule has 0 aliphatic rings. The Bertz CT molecular complexity index is 1130. The second-order valence-corrected chi connectivity index (χ2v) is 7.38. The van der Waals surface area contributed by atoms with Gasteiger partial charge in [-0.1, -0.05) is 11.8 Å². The smallest absolute Gasteiger partial charge is 0.258 e. The Kier molecular flexibility index (Phi) is 4.82. The molecule has 0 unspecified atom stereocenters. The Labute approximate surface area is 162 Å². The van der Waals surface area contributed by atoms with Crippen molar-refractivity contribution in [2.45, 2.75) is 17.8 Å². The first-order chi connectivity index (χ1) is 13.2. The second-order valence-electron chi connectivity index (χ2n) is 5.56. The van der Waals surface area contributed by atoms with Gasteiger partial charge in [0, 0.05) is 29.0 Å². The summed E-state index contributed by atoms with van der Waals surface area (Å²) in [5, 5.41) is 10.7. The first kappa shape index (κ1) is 17.6. The molecule has 3 aromatic heterocycles. The van der Waals surface area contributed by atoms with Gasteiger partial charge in [-0.05, 0) is 31.2 Å². The molecule has 27 heavy (non-hydrogen) atoms. The molecule has 0 atom stereocenters. The monoisotopic (exact) mass is 400 g/mol. The van der Waals surface area contributed by atoms with Crippen LogP contribution in [0.1, 0.15) is 12.6 Å². The minimum atomic E-state index is -0.0962. The number of thiazole rings is 1. The Hall–Kier alpha value is -2.85. The fraction of sp³-hybridized carbons (Fsp3) is 0.176. The topological polar surface area (TPSA) is 100 Å². The van der Waals surface area contributed by atoms with Crippen molar-refractivity contribution in [1.29, 1.82) is 0 Å². The van der Waals surface area contributed by atoms with Gasteiger partial charge in [-0.15, -0.1) is 21.5 Å². The molecule has 0 aliphatic carbocycles. The van der Waals surface area contributed by atoms with Gasteiger partial charge in [0.1, 0.15) is 5.75 Å². The fourth-order valence-corrected chi connectivity index (χ4v) is 4.03. The van der Waals surface area contributed by atoms with Crippen LogP contribution in [0, 0.1) is 0 Å². The van der Waals surface area contributed by atoms with Gasteiger partial charge >= 0.3 is 0 Å². The highest BCUT2D eigenvalue weighted by atomic mass is 32.2. The van der Waals surface area contributed by atoms with Crippen LogP contribution in [-0.4, -0.2) is 30.9 Å². The summed E-state index contributed by atoms with van der Waals surface area (Å²) in [7, 11) is 0. The van der Waals surface area contributed by atoms with Crippen LogP contribution in [0.5, 0.6) is 5.75 Å².